The second-order valence-electron chi connectivity index (χ2n) is 25.0. The van der Waals surface area contributed by atoms with Crippen LogP contribution in [-0.4, -0.2) is 241 Å². The number of carbonyl (C=O) groups is 7. The van der Waals surface area contributed by atoms with Gasteiger partial charge in [-0.05, 0) is 59.5 Å². The first-order valence-electron chi connectivity index (χ1n) is 31.8. The van der Waals surface area contributed by atoms with Gasteiger partial charge in [-0.25, -0.2) is 39.5 Å². The zero-order valence-corrected chi connectivity index (χ0v) is 60.0. The fourth-order valence-electron chi connectivity index (χ4n) is 12.4. The lowest BCUT2D eigenvalue weighted by Gasteiger charge is -2.48. The average Bonchev–Trinajstić information content (AvgIpc) is 1.60. The van der Waals surface area contributed by atoms with Crippen molar-refractivity contribution in [2.75, 3.05) is 41.0 Å². The second kappa shape index (κ2) is 30.6. The standard InChI is InChI=1S/C64H69N13O22S5/c1-23(79)41-56(89)74-42(24(2)94-7)59-70-34(22-102-59)55(88)75-45-49-50(99-39-12-64(4,92)51(76(5)6)25(3)98-39)63(91)96-15-26-9-8-10-35-40(26)28(16-95-49)46(77(35)93)62(90)97-17-29(66-53(86)32-21-104-61(45)71-32)58-67-30(18-101-58)43-27(57-68-33(20-100-57)54(87)73-41)11-36(80)44(72-43)60-69-31(19-103-60)52(85)65-13-37(81)47(83)48(84)38(82)14-78/h8-11,18-23,25,29,37-39,41,45,47-51,78-84,92-93H,12-17H2,1-7H3,(H,65,85)(H,66,86)(H,73,87)(H,74,89)(H,75,88)/b42-24+. The van der Waals surface area contributed by atoms with Gasteiger partial charge in [-0.1, -0.05) is 12.1 Å². The Hall–Kier alpha value is -8.95. The number of carbonyl (C=O) groups excluding carboxylic acids is 7. The summed E-state index contributed by atoms with van der Waals surface area (Å²) in [6.07, 6.45) is -15.3. The lowest BCUT2D eigenvalue weighted by Crippen LogP contribution is -2.62. The number of allylic oxidation sites excluding steroid dienone is 1. The molecule has 1 aromatic carbocycles. The van der Waals surface area contributed by atoms with Gasteiger partial charge in [0.1, 0.15) is 138 Å². The summed E-state index contributed by atoms with van der Waals surface area (Å²) in [7, 11) is 4.81. The maximum Gasteiger partial charge on any atom is 0.358 e. The van der Waals surface area contributed by atoms with Crippen LogP contribution in [0.5, 0.6) is 5.75 Å². The predicted octanol–water partition coefficient (Wildman–Crippen LogP) is 1.33. The molecule has 7 aromatic heterocycles. The van der Waals surface area contributed by atoms with E-state index in [0.29, 0.717) is 4.73 Å². The van der Waals surface area contributed by atoms with E-state index in [1.54, 1.807) is 45.0 Å². The van der Waals surface area contributed by atoms with Crippen molar-refractivity contribution in [3.8, 4) is 38.4 Å². The van der Waals surface area contributed by atoms with Crippen molar-refractivity contribution in [3.05, 3.63) is 112 Å². The molecule has 4 aliphatic rings. The molecular weight excluding hydrogens is 1460 g/mol. The number of methoxy groups -OCH3 is 1. The van der Waals surface area contributed by atoms with E-state index >= 15 is 19.2 Å². The number of fused-ring (bicyclic) bond motifs is 15. The molecule has 0 radical (unpaired) electrons. The Morgan fingerprint density at radius 2 is 1.46 bits per heavy atom. The number of likely N-dealkylation sites (N-methyl/N-ethyl adjacent to an activating group) is 1. The summed E-state index contributed by atoms with van der Waals surface area (Å²) in [5, 5.41) is 117. The molecule has 1 fully saturated rings. The Balaban J connectivity index is 1.01. The first-order valence-corrected chi connectivity index (χ1v) is 36.2. The van der Waals surface area contributed by atoms with Crippen LogP contribution in [0.3, 0.4) is 0 Å². The third kappa shape index (κ3) is 15.0. The van der Waals surface area contributed by atoms with Gasteiger partial charge in [0.2, 0.25) is 5.91 Å². The maximum atomic E-state index is 15.2. The van der Waals surface area contributed by atoms with Gasteiger partial charge in [0.05, 0.1) is 55.8 Å². The van der Waals surface area contributed by atoms with Gasteiger partial charge in [0.25, 0.3) is 23.6 Å². The highest BCUT2D eigenvalue weighted by Gasteiger charge is 2.50. The molecule has 11 heterocycles. The monoisotopic (exact) mass is 1530 g/mol. The number of esters is 2. The molecule has 14 atom stereocenters. The lowest BCUT2D eigenvalue weighted by molar-refractivity contribution is -0.280. The van der Waals surface area contributed by atoms with Crippen molar-refractivity contribution in [3.63, 3.8) is 0 Å². The molecule has 0 spiro atoms. The number of rotatable bonds is 13. The van der Waals surface area contributed by atoms with Crippen LogP contribution in [0.1, 0.15) is 125 Å². The van der Waals surface area contributed by atoms with E-state index < -0.39 is 171 Å². The van der Waals surface area contributed by atoms with E-state index in [2.05, 4.69) is 41.5 Å². The third-order valence-corrected chi connectivity index (χ3v) is 22.0. The van der Waals surface area contributed by atoms with Crippen LogP contribution in [-0.2, 0) is 51.2 Å². The number of cyclic esters (lactones) is 2. The fourth-order valence-corrected chi connectivity index (χ4v) is 16.6. The number of hydrogen-bond donors (Lipinski definition) is 14. The Labute approximate surface area is 608 Å². The second-order valence-corrected chi connectivity index (χ2v) is 29.4. The Bertz CT molecular complexity index is 4660. The average molecular weight is 1530 g/mol. The molecule has 35 nitrogen and oxygen atoms in total. The van der Waals surface area contributed by atoms with Crippen molar-refractivity contribution in [1.82, 2.24) is 66.1 Å². The number of aromatic hydroxyl groups is 1. The third-order valence-electron chi connectivity index (χ3n) is 17.6. The van der Waals surface area contributed by atoms with Crippen LogP contribution in [0.15, 0.2) is 56.9 Å². The van der Waals surface area contributed by atoms with Crippen LogP contribution in [0.4, 0.5) is 0 Å². The number of pyridine rings is 1. The number of aromatic nitrogens is 7. The SMILES string of the molecule is CO/C(C)=C1/NC(=O)C(C(C)O)NC(=O)c2csc(n2)-c2cc(O)c(-c3nc(C(=O)NCC(O)C(O)C(O)C(O)CO)cs3)nc2-c2csc(n2)C2COC(=O)c3c4c5c(cccc5n3O)COC(=O)C(OC3CC(C)(O)C(N(C)C)C(C)O3)C(OC4)C(NC(=O)c3csc1n3)c1nc(cs1)C(=O)N2. The van der Waals surface area contributed by atoms with Gasteiger partial charge in [0.15, 0.2) is 18.1 Å². The number of aliphatic hydroxyl groups excluding tert-OH is 6. The van der Waals surface area contributed by atoms with Gasteiger partial charge in [0, 0.05) is 56.4 Å². The molecule has 40 heteroatoms. The smallest absolute Gasteiger partial charge is 0.358 e. The summed E-state index contributed by atoms with van der Waals surface area (Å²) < 4.78 is 38.2. The summed E-state index contributed by atoms with van der Waals surface area (Å²) in [6.45, 7) is 2.52. The predicted molar refractivity (Wildman–Crippen MR) is 368 cm³/mol. The largest absolute Gasteiger partial charge is 0.506 e. The van der Waals surface area contributed by atoms with E-state index in [9.17, 15) is 60.4 Å². The lowest BCUT2D eigenvalue weighted by atomic mass is 9.85. The first-order chi connectivity index (χ1) is 49.5. The summed E-state index contributed by atoms with van der Waals surface area (Å²) in [5.41, 5.74) is -3.27. The van der Waals surface area contributed by atoms with Crippen molar-refractivity contribution in [2.45, 2.75) is 132 Å². The van der Waals surface area contributed by atoms with Crippen LogP contribution in [0.2, 0.25) is 0 Å². The highest BCUT2D eigenvalue weighted by atomic mass is 32.1. The molecule has 8 aromatic rings. The molecule has 0 aliphatic carbocycles. The van der Waals surface area contributed by atoms with Crippen LogP contribution >= 0.6 is 56.7 Å². The number of nitrogens with one attached hydrogen (secondary N) is 5. The van der Waals surface area contributed by atoms with E-state index in [4.69, 9.17) is 43.4 Å². The Morgan fingerprint density at radius 1 is 0.808 bits per heavy atom. The number of thiazole rings is 5. The highest BCUT2D eigenvalue weighted by molar-refractivity contribution is 7.14. The molecule has 12 bridgehead atoms. The summed E-state index contributed by atoms with van der Waals surface area (Å²) in [6, 6.07) is 0.465. The minimum Gasteiger partial charge on any atom is -0.506 e. The number of ether oxygens (including phenoxy) is 6. The van der Waals surface area contributed by atoms with Crippen molar-refractivity contribution < 1.29 is 108 Å². The van der Waals surface area contributed by atoms with Gasteiger partial charge in [-0.3, -0.25) is 24.0 Å². The number of benzene rings is 1. The number of aliphatic hydroxyl groups is 7. The first kappa shape index (κ1) is 74.8. The van der Waals surface area contributed by atoms with Crippen molar-refractivity contribution >= 4 is 115 Å². The summed E-state index contributed by atoms with van der Waals surface area (Å²) in [5.74, 6) is -7.51. The molecule has 552 valence electrons. The topological polar surface area (TPSA) is 503 Å². The van der Waals surface area contributed by atoms with E-state index in [1.165, 1.54) is 60.0 Å². The van der Waals surface area contributed by atoms with Gasteiger partial charge in [-0.15, -0.1) is 56.7 Å². The Morgan fingerprint density at radius 3 is 2.17 bits per heavy atom. The van der Waals surface area contributed by atoms with E-state index in [1.807, 2.05) is 0 Å². The molecule has 14 unspecified atom stereocenters. The van der Waals surface area contributed by atoms with Crippen LogP contribution in [0, 0.1) is 0 Å². The summed E-state index contributed by atoms with van der Waals surface area (Å²) >= 11 is 4.32. The molecule has 4 aliphatic heterocycles. The van der Waals surface area contributed by atoms with Gasteiger partial charge >= 0.3 is 11.9 Å². The Kier molecular flexibility index (Phi) is 22.0. The number of nitrogens with zero attached hydrogens (tertiary/aromatic N) is 8. The molecule has 14 N–H and O–H groups in total. The summed E-state index contributed by atoms with van der Waals surface area (Å²) in [4.78, 5) is 132. The maximum absolute atomic E-state index is 15.2. The molecule has 104 heavy (non-hydrogen) atoms. The molecule has 0 saturated carbocycles. The minimum absolute atomic E-state index is 0.000118. The quantitative estimate of drug-likeness (QED) is 0.0440. The zero-order valence-electron chi connectivity index (χ0n) is 55.9. The zero-order chi connectivity index (χ0) is 74.5. The van der Waals surface area contributed by atoms with Gasteiger partial charge in [-0.2, -0.15) is 4.73 Å². The van der Waals surface area contributed by atoms with Crippen molar-refractivity contribution in [1.29, 1.82) is 0 Å². The molecule has 5 amide bonds. The molecular formula is C64H69N13O22S5. The number of hydrogen-bond acceptors (Lipinski definition) is 34. The van der Waals surface area contributed by atoms with E-state index in [0.717, 1.165) is 56.7 Å². The molecule has 1 saturated heterocycles. The normalized spacial score (nSPS) is 24.7. The van der Waals surface area contributed by atoms with Crippen LogP contribution in [0.25, 0.3) is 49.3 Å². The van der Waals surface area contributed by atoms with Crippen molar-refractivity contribution in [2.24, 2.45) is 0 Å². The number of amides is 5. The minimum atomic E-state index is -2.00. The molecule has 12 rings (SSSR count). The van der Waals surface area contributed by atoms with Gasteiger partial charge < -0.3 is 106 Å². The van der Waals surface area contributed by atoms with E-state index in [-0.39, 0.29) is 110 Å². The fraction of sp³-hybridized carbons (Fsp3) is 0.422. The highest BCUT2D eigenvalue weighted by Crippen LogP contribution is 2.43. The van der Waals surface area contributed by atoms with Crippen LogP contribution < -0.4 is 26.6 Å².